The molecule has 0 fully saturated rings. The van der Waals surface area contributed by atoms with Crippen molar-refractivity contribution in [2.45, 2.75) is 19.8 Å². The van der Waals surface area contributed by atoms with Gasteiger partial charge in [0, 0.05) is 29.1 Å². The summed E-state index contributed by atoms with van der Waals surface area (Å²) in [4.78, 5) is 5.06. The molecule has 0 saturated carbocycles. The molecule has 0 spiro atoms. The third kappa shape index (κ3) is 8.09. The van der Waals surface area contributed by atoms with E-state index in [0.29, 0.717) is 17.8 Å². The van der Waals surface area contributed by atoms with Crippen LogP contribution in [0.1, 0.15) is 30.2 Å². The van der Waals surface area contributed by atoms with Crippen LogP contribution in [0.5, 0.6) is 0 Å². The molecule has 0 radical (unpaired) electrons. The summed E-state index contributed by atoms with van der Waals surface area (Å²) in [6, 6.07) is 52.3. The fourth-order valence-corrected chi connectivity index (χ4v) is 6.84. The van der Waals surface area contributed by atoms with Crippen molar-refractivity contribution in [2.75, 3.05) is 5.32 Å². The maximum absolute atomic E-state index is 6.89. The predicted octanol–water partition coefficient (Wildman–Crippen LogP) is 12.1. The summed E-state index contributed by atoms with van der Waals surface area (Å²) in [6.45, 7) is 2.04. The average molecular weight is 701 g/mol. The summed E-state index contributed by atoms with van der Waals surface area (Å²) in [6.07, 6.45) is 15.7. The van der Waals surface area contributed by atoms with Crippen LogP contribution in [-0.4, -0.2) is 4.98 Å². The van der Waals surface area contributed by atoms with E-state index in [9.17, 15) is 0 Å². The lowest BCUT2D eigenvalue weighted by atomic mass is 9.87. The molecule has 5 N–H and O–H groups in total. The molecular formula is C50H44N4. The van der Waals surface area contributed by atoms with Crippen LogP contribution < -0.4 is 16.8 Å². The fraction of sp³-hybridized carbons (Fsp3) is 0.0600. The number of hydrogen-bond donors (Lipinski definition) is 3. The first-order chi connectivity index (χ1) is 26.6. The van der Waals surface area contributed by atoms with Crippen molar-refractivity contribution in [3.05, 3.63) is 217 Å². The van der Waals surface area contributed by atoms with Gasteiger partial charge in [0.15, 0.2) is 0 Å². The first-order valence-corrected chi connectivity index (χ1v) is 18.4. The molecule has 0 aliphatic carbocycles. The second kappa shape index (κ2) is 17.1. The van der Waals surface area contributed by atoms with E-state index in [4.69, 9.17) is 16.5 Å². The van der Waals surface area contributed by atoms with Gasteiger partial charge in [-0.25, -0.2) is 4.98 Å². The molecule has 0 bridgehead atoms. The molecule has 7 aromatic rings. The molecule has 1 aromatic heterocycles. The number of anilines is 1. The molecule has 6 aromatic carbocycles. The summed E-state index contributed by atoms with van der Waals surface area (Å²) in [5.41, 5.74) is 23.6. The van der Waals surface area contributed by atoms with Crippen molar-refractivity contribution in [2.24, 2.45) is 11.5 Å². The molecule has 4 nitrogen and oxygen atoms in total. The Kier molecular flexibility index (Phi) is 11.2. The predicted molar refractivity (Wildman–Crippen MR) is 231 cm³/mol. The molecule has 0 unspecified atom stereocenters. The Morgan fingerprint density at radius 1 is 0.593 bits per heavy atom. The fourth-order valence-electron chi connectivity index (χ4n) is 6.84. The SMILES string of the molecule is C/C=C\C=C/Cc1c2ccccc2c(-c2ccc(N/C(=C(\N)C/C=C\C=C(/N)c3ccccc3)c3cccc(-c4ccccc4)n3)cc2)c2ccccc12. The molecule has 0 atom stereocenters. The normalized spacial score (nSPS) is 12.6. The van der Waals surface area contributed by atoms with Crippen molar-refractivity contribution >= 4 is 38.6 Å². The van der Waals surface area contributed by atoms with E-state index in [0.717, 1.165) is 45.9 Å². The minimum atomic E-state index is 0.504. The summed E-state index contributed by atoms with van der Waals surface area (Å²) in [5, 5.41) is 8.68. The van der Waals surface area contributed by atoms with E-state index in [2.05, 4.69) is 115 Å². The first-order valence-electron chi connectivity index (χ1n) is 18.4. The zero-order valence-electron chi connectivity index (χ0n) is 30.5. The number of hydrogen-bond acceptors (Lipinski definition) is 4. The summed E-state index contributed by atoms with van der Waals surface area (Å²) in [7, 11) is 0. The highest BCUT2D eigenvalue weighted by atomic mass is 14.9. The van der Waals surface area contributed by atoms with Crippen LogP contribution in [0.4, 0.5) is 5.69 Å². The lowest BCUT2D eigenvalue weighted by Gasteiger charge is -2.18. The minimum Gasteiger partial charge on any atom is -0.400 e. The van der Waals surface area contributed by atoms with Crippen LogP contribution in [0, 0.1) is 0 Å². The standard InChI is InChI=1S/C50H44N4/c1-2-3-4-11-23-40-41-24-12-14-26-43(41)49(44-27-15-13-25-42(40)44)38-32-34-39(35-33-38)53-50(48-31-18-30-47(54-48)37-21-9-6-10-22-37)46(52)29-17-16-28-45(51)36-19-7-5-8-20-36/h2-22,24-28,30-35,53H,23,29,51-52H2,1H3/b3-2-,11-4-,17-16-,45-28-,50-46-. The maximum atomic E-state index is 6.89. The van der Waals surface area contributed by atoms with Crippen molar-refractivity contribution in [1.29, 1.82) is 0 Å². The van der Waals surface area contributed by atoms with Gasteiger partial charge >= 0.3 is 0 Å². The number of nitrogens with zero attached hydrogens (tertiary/aromatic N) is 1. The van der Waals surface area contributed by atoms with E-state index in [1.54, 1.807) is 0 Å². The van der Waals surface area contributed by atoms with Gasteiger partial charge in [-0.2, -0.15) is 0 Å². The third-order valence-corrected chi connectivity index (χ3v) is 9.50. The third-order valence-electron chi connectivity index (χ3n) is 9.50. The summed E-state index contributed by atoms with van der Waals surface area (Å²) >= 11 is 0. The highest BCUT2D eigenvalue weighted by Crippen LogP contribution is 2.40. The maximum Gasteiger partial charge on any atom is 0.0889 e. The van der Waals surface area contributed by atoms with Crippen molar-refractivity contribution in [3.8, 4) is 22.4 Å². The first kappa shape index (κ1) is 35.5. The van der Waals surface area contributed by atoms with Gasteiger partial charge in [-0.3, -0.25) is 0 Å². The average Bonchev–Trinajstić information content (AvgIpc) is 3.23. The second-order valence-corrected chi connectivity index (χ2v) is 13.1. The van der Waals surface area contributed by atoms with Crippen molar-refractivity contribution in [3.63, 3.8) is 0 Å². The van der Waals surface area contributed by atoms with Crippen LogP contribution >= 0.6 is 0 Å². The van der Waals surface area contributed by atoms with Crippen LogP contribution in [-0.2, 0) is 6.42 Å². The Morgan fingerprint density at radius 2 is 1.22 bits per heavy atom. The highest BCUT2D eigenvalue weighted by molar-refractivity contribution is 6.15. The van der Waals surface area contributed by atoms with Crippen LogP contribution in [0.15, 0.2) is 200 Å². The zero-order chi connectivity index (χ0) is 37.1. The number of pyridine rings is 1. The number of aromatic nitrogens is 1. The van der Waals surface area contributed by atoms with E-state index in [1.807, 2.05) is 91.9 Å². The summed E-state index contributed by atoms with van der Waals surface area (Å²) < 4.78 is 0. The topological polar surface area (TPSA) is 77.0 Å². The lowest BCUT2D eigenvalue weighted by molar-refractivity contribution is 1.14. The van der Waals surface area contributed by atoms with Gasteiger partial charge in [0.25, 0.3) is 0 Å². The number of allylic oxidation sites excluding steroid dienone is 7. The minimum absolute atomic E-state index is 0.504. The molecule has 0 saturated heterocycles. The number of nitrogens with two attached hydrogens (primary N) is 2. The van der Waals surface area contributed by atoms with Crippen LogP contribution in [0.3, 0.4) is 0 Å². The van der Waals surface area contributed by atoms with E-state index in [-0.39, 0.29) is 0 Å². The molecule has 264 valence electrons. The Balaban J connectivity index is 1.24. The molecular weight excluding hydrogens is 657 g/mol. The molecule has 1 heterocycles. The van der Waals surface area contributed by atoms with E-state index in [1.165, 1.54) is 32.7 Å². The molecule has 7 rings (SSSR count). The number of rotatable bonds is 12. The second-order valence-electron chi connectivity index (χ2n) is 13.1. The number of benzene rings is 6. The highest BCUT2D eigenvalue weighted by Gasteiger charge is 2.15. The van der Waals surface area contributed by atoms with Crippen LogP contribution in [0.2, 0.25) is 0 Å². The molecule has 0 aliphatic rings. The van der Waals surface area contributed by atoms with Gasteiger partial charge in [-0.1, -0.05) is 164 Å². The smallest absolute Gasteiger partial charge is 0.0889 e. The van der Waals surface area contributed by atoms with E-state index < -0.39 is 0 Å². The van der Waals surface area contributed by atoms with Crippen LogP contribution in [0.25, 0.3) is 55.3 Å². The molecule has 0 amide bonds. The van der Waals surface area contributed by atoms with E-state index >= 15 is 0 Å². The Labute approximate surface area is 318 Å². The van der Waals surface area contributed by atoms with Gasteiger partial charge in [0.05, 0.1) is 17.1 Å². The van der Waals surface area contributed by atoms with Gasteiger partial charge in [-0.05, 0) is 87.5 Å². The quantitative estimate of drug-likeness (QED) is 0.0876. The zero-order valence-corrected chi connectivity index (χ0v) is 30.5. The number of fused-ring (bicyclic) bond motifs is 2. The molecule has 54 heavy (non-hydrogen) atoms. The Morgan fingerprint density at radius 3 is 1.89 bits per heavy atom. The number of nitrogens with one attached hydrogen (secondary N) is 1. The summed E-state index contributed by atoms with van der Waals surface area (Å²) in [5.74, 6) is 0. The Hall–Kier alpha value is -6.91. The molecule has 4 heteroatoms. The largest absolute Gasteiger partial charge is 0.400 e. The Bertz CT molecular complexity index is 2470. The van der Waals surface area contributed by atoms with Gasteiger partial charge in [0.2, 0.25) is 0 Å². The van der Waals surface area contributed by atoms with Crippen molar-refractivity contribution in [1.82, 2.24) is 4.98 Å². The monoisotopic (exact) mass is 700 g/mol. The van der Waals surface area contributed by atoms with Gasteiger partial charge in [-0.15, -0.1) is 0 Å². The van der Waals surface area contributed by atoms with Gasteiger partial charge in [0.1, 0.15) is 0 Å². The molecule has 0 aliphatic heterocycles. The van der Waals surface area contributed by atoms with Gasteiger partial charge < -0.3 is 16.8 Å². The lowest BCUT2D eigenvalue weighted by Crippen LogP contribution is -2.10. The van der Waals surface area contributed by atoms with Crippen molar-refractivity contribution < 1.29 is 0 Å².